The number of carbonyl (C=O) groups excluding carboxylic acids is 4. The molecule has 4 saturated heterocycles. The highest BCUT2D eigenvalue weighted by Crippen LogP contribution is 2.42. The molecule has 0 aromatic heterocycles. The molecule has 6 aliphatic rings. The first-order valence-electron chi connectivity index (χ1n) is 28.9. The molecule has 0 bridgehead atoms. The van der Waals surface area contributed by atoms with Crippen molar-refractivity contribution in [2.45, 2.75) is 152 Å². The highest BCUT2D eigenvalue weighted by atomic mass is 16.8. The third-order valence-corrected chi connectivity index (χ3v) is 16.6. The average molecular weight is 1190 g/mol. The minimum atomic E-state index is -1.77. The molecule has 22 nitrogen and oxygen atoms in total. The van der Waals surface area contributed by atoms with Crippen LogP contribution >= 0.6 is 0 Å². The summed E-state index contributed by atoms with van der Waals surface area (Å²) in [4.78, 5) is 64.0. The van der Waals surface area contributed by atoms with Gasteiger partial charge in [-0.05, 0) is 55.5 Å². The number of fused-ring (bicyclic) bond motifs is 1. The lowest BCUT2D eigenvalue weighted by Gasteiger charge is -2.53. The topological polar surface area (TPSA) is 266 Å². The van der Waals surface area contributed by atoms with Crippen molar-refractivity contribution in [3.05, 3.63) is 212 Å². The van der Waals surface area contributed by atoms with E-state index in [9.17, 15) is 34.9 Å². The fourth-order valence-corrected chi connectivity index (χ4v) is 11.7. The smallest absolute Gasteiger partial charge is 0.257 e. The Morgan fingerprint density at radius 2 is 0.920 bits per heavy atom. The summed E-state index contributed by atoms with van der Waals surface area (Å²) in [5.41, 5.74) is 14.4. The Bertz CT molecular complexity index is 3270. The van der Waals surface area contributed by atoms with Crippen LogP contribution in [0, 0.1) is 0 Å². The molecule has 0 unspecified atom stereocenters. The van der Waals surface area contributed by atoms with Crippen LogP contribution in [-0.4, -0.2) is 155 Å². The maximum absolute atomic E-state index is 15.0. The summed E-state index contributed by atoms with van der Waals surface area (Å²) < 4.78 is 73.9. The molecule has 5 aromatic carbocycles. The van der Waals surface area contributed by atoms with Crippen LogP contribution in [0.15, 0.2) is 179 Å². The highest BCUT2D eigenvalue weighted by Gasteiger charge is 2.61. The fraction of sp³-hybridized carbons (Fsp3) is 0.415. The van der Waals surface area contributed by atoms with E-state index in [1.165, 1.54) is 27.7 Å². The van der Waals surface area contributed by atoms with Crippen LogP contribution in [0.2, 0.25) is 0 Å². The summed E-state index contributed by atoms with van der Waals surface area (Å²) in [6, 6.07) is 42.8. The number of azide groups is 1. The zero-order valence-corrected chi connectivity index (χ0v) is 48.4. The van der Waals surface area contributed by atoms with Gasteiger partial charge < -0.3 is 62.3 Å². The molecule has 11 rings (SSSR count). The molecule has 0 spiro atoms. The molecule has 0 aliphatic carbocycles. The molecule has 16 atom stereocenters. The van der Waals surface area contributed by atoms with Crippen molar-refractivity contribution in [1.29, 1.82) is 0 Å². The molecular weight excluding hydrogens is 1120 g/mol. The molecule has 456 valence electrons. The maximum atomic E-state index is 15.0. The molecule has 6 heterocycles. The number of rotatable bonds is 22. The van der Waals surface area contributed by atoms with Crippen molar-refractivity contribution in [3.8, 4) is 0 Å². The number of carbonyl (C=O) groups is 4. The second kappa shape index (κ2) is 27.8. The van der Waals surface area contributed by atoms with Crippen LogP contribution in [0.5, 0.6) is 0 Å². The van der Waals surface area contributed by atoms with Crippen LogP contribution in [0.25, 0.3) is 10.4 Å². The summed E-state index contributed by atoms with van der Waals surface area (Å²) in [6.07, 6.45) is -19.8. The minimum absolute atomic E-state index is 0.0610. The van der Waals surface area contributed by atoms with Gasteiger partial charge in [0.1, 0.15) is 73.1 Å². The molecule has 87 heavy (non-hydrogen) atoms. The van der Waals surface area contributed by atoms with E-state index < -0.39 is 122 Å². The Morgan fingerprint density at radius 3 is 1.39 bits per heavy atom. The number of nitrogens with zero attached hydrogens (tertiary/aromatic N) is 5. The lowest BCUT2D eigenvalue weighted by atomic mass is 9.92. The van der Waals surface area contributed by atoms with Gasteiger partial charge in [0.2, 0.25) is 0 Å². The normalized spacial score (nSPS) is 31.1. The van der Waals surface area contributed by atoms with Crippen LogP contribution in [-0.2, 0) is 97.7 Å². The molecule has 2 N–H and O–H groups in total. The first kappa shape index (κ1) is 61.3. The van der Waals surface area contributed by atoms with E-state index in [0.717, 1.165) is 20.9 Å². The average Bonchev–Trinajstić information content (AvgIpc) is 1.95. The van der Waals surface area contributed by atoms with Gasteiger partial charge in [0, 0.05) is 32.8 Å². The van der Waals surface area contributed by atoms with Gasteiger partial charge >= 0.3 is 0 Å². The first-order valence-corrected chi connectivity index (χ1v) is 28.9. The molecule has 0 saturated carbocycles. The fourth-order valence-electron chi connectivity index (χ4n) is 11.7. The number of amides is 4. The predicted molar refractivity (Wildman–Crippen MR) is 307 cm³/mol. The third kappa shape index (κ3) is 13.3. The highest BCUT2D eigenvalue weighted by molar-refractivity contribution is 6.19. The van der Waals surface area contributed by atoms with Crippen molar-refractivity contribution in [2.75, 3.05) is 19.8 Å². The minimum Gasteiger partial charge on any atom is -0.387 e. The number of benzene rings is 5. The van der Waals surface area contributed by atoms with Crippen molar-refractivity contribution in [3.63, 3.8) is 0 Å². The van der Waals surface area contributed by atoms with Crippen LogP contribution in [0.3, 0.4) is 0 Å². The number of aliphatic hydroxyl groups is 2. The van der Waals surface area contributed by atoms with Crippen molar-refractivity contribution in [1.82, 2.24) is 9.80 Å². The molecule has 5 aromatic rings. The zero-order valence-electron chi connectivity index (χ0n) is 48.4. The van der Waals surface area contributed by atoms with E-state index in [4.69, 9.17) is 52.1 Å². The Labute approximate surface area is 502 Å². The summed E-state index contributed by atoms with van der Waals surface area (Å²) in [7, 11) is 0. The largest absolute Gasteiger partial charge is 0.387 e. The van der Waals surface area contributed by atoms with Crippen molar-refractivity contribution in [2.24, 2.45) is 5.11 Å². The number of hydrogen-bond donors (Lipinski definition) is 2. The number of ether oxygens (including phenoxy) is 11. The molecule has 4 amide bonds. The van der Waals surface area contributed by atoms with E-state index in [-0.39, 0.29) is 68.5 Å². The SMILES string of the molecule is CC1=C(C)C(=O)N([C@@H]2[C@@H](OCc3ccccc3)[C@H](O[C@@H]3O[C@H](COCc4ccccc4)[C@@H](O[C@@H]4O[C@@H]5CO[C@@H](c6ccccc6)O[C@H]5[C@H](O)[C@@H]4O)[C@H](OCc4ccccc4)[C@H]3N3C(=O)C(C)=C(C)C3=O)[C@@H](COCc3ccccc3)O[C@H]2N=[N+]=[N-])C1=O. The van der Waals surface area contributed by atoms with Gasteiger partial charge in [0.25, 0.3) is 23.6 Å². The summed E-state index contributed by atoms with van der Waals surface area (Å²) in [6.45, 7) is 5.26. The van der Waals surface area contributed by atoms with E-state index in [2.05, 4.69) is 10.0 Å². The molecular formula is C65H69N5O17. The monoisotopic (exact) mass is 1190 g/mol. The molecule has 4 fully saturated rings. The lowest BCUT2D eigenvalue weighted by molar-refractivity contribution is -0.389. The van der Waals surface area contributed by atoms with Gasteiger partial charge in [-0.2, -0.15) is 0 Å². The predicted octanol–water partition coefficient (Wildman–Crippen LogP) is 6.83. The van der Waals surface area contributed by atoms with Gasteiger partial charge in [0.15, 0.2) is 25.1 Å². The van der Waals surface area contributed by atoms with E-state index in [1.807, 2.05) is 152 Å². The van der Waals surface area contributed by atoms with Gasteiger partial charge in [-0.15, -0.1) is 0 Å². The number of hydrogen-bond acceptors (Lipinski definition) is 18. The van der Waals surface area contributed by atoms with Gasteiger partial charge in [-0.3, -0.25) is 29.0 Å². The quantitative estimate of drug-likeness (QED) is 0.0311. The van der Waals surface area contributed by atoms with Crippen LogP contribution < -0.4 is 0 Å². The van der Waals surface area contributed by atoms with E-state index >= 15 is 0 Å². The van der Waals surface area contributed by atoms with E-state index in [1.54, 1.807) is 0 Å². The van der Waals surface area contributed by atoms with Crippen molar-refractivity contribution < 1.29 is 81.5 Å². The Kier molecular flexibility index (Phi) is 19.6. The first-order chi connectivity index (χ1) is 42.3. The van der Waals surface area contributed by atoms with Gasteiger partial charge in [-0.25, -0.2) is 0 Å². The van der Waals surface area contributed by atoms with Crippen LogP contribution in [0.4, 0.5) is 0 Å². The van der Waals surface area contributed by atoms with Crippen LogP contribution in [0.1, 0.15) is 61.8 Å². The summed E-state index contributed by atoms with van der Waals surface area (Å²) in [5, 5.41) is 28.2. The van der Waals surface area contributed by atoms with Crippen molar-refractivity contribution >= 4 is 23.6 Å². The van der Waals surface area contributed by atoms with E-state index in [0.29, 0.717) is 16.7 Å². The zero-order chi connectivity index (χ0) is 60.7. The molecule has 6 aliphatic heterocycles. The second-order valence-corrected chi connectivity index (χ2v) is 22.2. The van der Waals surface area contributed by atoms with Gasteiger partial charge in [0.05, 0.1) is 46.2 Å². The van der Waals surface area contributed by atoms with Gasteiger partial charge in [-0.1, -0.05) is 157 Å². The Hall–Kier alpha value is -7.35. The maximum Gasteiger partial charge on any atom is 0.257 e. The number of imide groups is 2. The third-order valence-electron chi connectivity index (χ3n) is 16.6. The lowest BCUT2D eigenvalue weighted by Crippen LogP contribution is -2.71. The summed E-state index contributed by atoms with van der Waals surface area (Å²) in [5.74, 6) is -2.81. The number of aliphatic hydroxyl groups excluding tert-OH is 2. The Morgan fingerprint density at radius 1 is 0.506 bits per heavy atom. The molecule has 22 heteroatoms. The molecule has 0 radical (unpaired) electrons. The standard InChI is InChI=1S/C65H69N5O17/c1-37-38(2)60(74)69(59(37)73)49-56(79-32-43-24-14-7-15-25-43)54(46(82-58(49)67-68-66)34-77-30-41-20-10-5-11-21-41)86-64-50(70-61(75)39(3)40(4)62(70)76)57(80-33-44-26-16-8-17-27-44)55(47(83-64)35-78-31-42-22-12-6-13-23-42)87-65-52(72)51(71)53-48(84-65)36-81-63(85-53)45-28-18-9-19-29-45/h5-29,46-58,63-65,71-72H,30-36H2,1-4H3/t46-,47-,48-,49-,50-,51-,52+,53-,54-,55-,56-,57-,58-,63-,64+,65+/m1/s1. The Balaban J connectivity index is 1.03. The second-order valence-electron chi connectivity index (χ2n) is 22.2. The summed E-state index contributed by atoms with van der Waals surface area (Å²) >= 11 is 0.